The highest BCUT2D eigenvalue weighted by Gasteiger charge is 2.15. The van der Waals surface area contributed by atoms with E-state index in [0.717, 1.165) is 32.0 Å². The number of hydrogen-bond donors (Lipinski definition) is 1. The number of aryl methyl sites for hydroxylation is 1. The Balaban J connectivity index is 2.06. The van der Waals surface area contributed by atoms with Gasteiger partial charge in [-0.05, 0) is 32.0 Å². The van der Waals surface area contributed by atoms with Crippen LogP contribution in [0.4, 0.5) is 0 Å². The lowest BCUT2D eigenvalue weighted by molar-refractivity contribution is 0.0480. The minimum Gasteiger partial charge on any atom is -0.381 e. The van der Waals surface area contributed by atoms with E-state index in [1.165, 1.54) is 6.42 Å². The van der Waals surface area contributed by atoms with Crippen molar-refractivity contribution < 1.29 is 4.74 Å². The Labute approximate surface area is 88.3 Å². The van der Waals surface area contributed by atoms with Crippen LogP contribution in [-0.4, -0.2) is 28.0 Å². The summed E-state index contributed by atoms with van der Waals surface area (Å²) in [5.74, 6) is 1.55. The third-order valence-electron chi connectivity index (χ3n) is 2.64. The Morgan fingerprint density at radius 1 is 1.71 bits per heavy atom. The number of nitrogens with one attached hydrogen (secondary N) is 1. The van der Waals surface area contributed by atoms with Crippen LogP contribution in [0.15, 0.2) is 0 Å². The average Bonchev–Trinajstić information content (AvgIpc) is 2.51. The Morgan fingerprint density at radius 3 is 3.14 bits per heavy atom. The minimum atomic E-state index is 0.590. The molecule has 2 rings (SSSR count). The van der Waals surface area contributed by atoms with Crippen molar-refractivity contribution in [2.45, 2.75) is 26.3 Å². The van der Waals surface area contributed by atoms with Gasteiger partial charge in [-0.3, -0.25) is 5.10 Å². The Bertz CT molecular complexity index is 351. The second kappa shape index (κ2) is 4.23. The number of aromatic nitrogens is 3. The molecule has 1 aliphatic heterocycles. The molecule has 1 fully saturated rings. The summed E-state index contributed by atoms with van der Waals surface area (Å²) in [4.78, 5) is 0. The summed E-state index contributed by atoms with van der Waals surface area (Å²) in [5.41, 5.74) is 0. The highest BCUT2D eigenvalue weighted by Crippen LogP contribution is 2.16. The van der Waals surface area contributed by atoms with Crippen molar-refractivity contribution in [2.24, 2.45) is 5.92 Å². The van der Waals surface area contributed by atoms with E-state index in [2.05, 4.69) is 14.8 Å². The molecule has 0 radical (unpaired) electrons. The average molecular weight is 213 g/mol. The van der Waals surface area contributed by atoms with E-state index in [-0.39, 0.29) is 0 Å². The fourth-order valence-electron chi connectivity index (χ4n) is 1.82. The molecule has 78 valence electrons. The van der Waals surface area contributed by atoms with E-state index < -0.39 is 0 Å². The summed E-state index contributed by atoms with van der Waals surface area (Å²) in [5, 5.41) is 6.89. The topological polar surface area (TPSA) is 42.8 Å². The molecule has 0 aromatic carbocycles. The molecule has 1 saturated heterocycles. The first-order valence-electron chi connectivity index (χ1n) is 4.97. The zero-order valence-corrected chi connectivity index (χ0v) is 9.14. The summed E-state index contributed by atoms with van der Waals surface area (Å²) in [7, 11) is 0. The summed E-state index contributed by atoms with van der Waals surface area (Å²) in [6, 6.07) is 0. The first-order valence-corrected chi connectivity index (χ1v) is 5.38. The van der Waals surface area contributed by atoms with Crippen LogP contribution < -0.4 is 0 Å². The van der Waals surface area contributed by atoms with Gasteiger partial charge in [-0.15, -0.1) is 0 Å². The molecule has 1 aromatic heterocycles. The van der Waals surface area contributed by atoms with Gasteiger partial charge >= 0.3 is 0 Å². The molecule has 0 bridgehead atoms. The third-order valence-corrected chi connectivity index (χ3v) is 2.96. The van der Waals surface area contributed by atoms with Gasteiger partial charge in [-0.1, -0.05) is 0 Å². The summed E-state index contributed by atoms with van der Waals surface area (Å²) in [6.07, 6.45) is 2.39. The van der Waals surface area contributed by atoms with Crippen molar-refractivity contribution in [1.29, 1.82) is 0 Å². The number of nitrogens with zero attached hydrogens (tertiary/aromatic N) is 2. The summed E-state index contributed by atoms with van der Waals surface area (Å²) < 4.78 is 8.20. The predicted octanol–water partition coefficient (Wildman–Crippen LogP) is 1.68. The fourth-order valence-corrected chi connectivity index (χ4v) is 2.07. The maximum Gasteiger partial charge on any atom is 0.195 e. The van der Waals surface area contributed by atoms with Gasteiger partial charge < -0.3 is 9.30 Å². The highest BCUT2D eigenvalue weighted by molar-refractivity contribution is 7.71. The molecule has 0 amide bonds. The van der Waals surface area contributed by atoms with Gasteiger partial charge in [0.2, 0.25) is 0 Å². The molecule has 14 heavy (non-hydrogen) atoms. The Kier molecular flexibility index (Phi) is 2.98. The molecular formula is C9H15N3OS. The van der Waals surface area contributed by atoms with Gasteiger partial charge in [-0.25, -0.2) is 0 Å². The monoisotopic (exact) mass is 213 g/mol. The fraction of sp³-hybridized carbons (Fsp3) is 0.778. The van der Waals surface area contributed by atoms with Crippen LogP contribution in [0.25, 0.3) is 0 Å². The lowest BCUT2D eigenvalue weighted by atomic mass is 10.0. The Morgan fingerprint density at radius 2 is 2.57 bits per heavy atom. The molecule has 4 nitrogen and oxygen atoms in total. The lowest BCUT2D eigenvalue weighted by Gasteiger charge is -2.22. The van der Waals surface area contributed by atoms with Crippen molar-refractivity contribution in [3.05, 3.63) is 10.6 Å². The van der Waals surface area contributed by atoms with Gasteiger partial charge in [0.05, 0.1) is 6.61 Å². The van der Waals surface area contributed by atoms with E-state index in [4.69, 9.17) is 17.0 Å². The zero-order valence-electron chi connectivity index (χ0n) is 8.32. The van der Waals surface area contributed by atoms with E-state index in [9.17, 15) is 0 Å². The molecule has 0 saturated carbocycles. The minimum absolute atomic E-state index is 0.590. The van der Waals surface area contributed by atoms with E-state index in [1.807, 2.05) is 6.92 Å². The molecule has 1 aliphatic rings. The molecule has 1 aromatic rings. The Hall–Kier alpha value is -0.680. The van der Waals surface area contributed by atoms with Crippen molar-refractivity contribution in [3.8, 4) is 0 Å². The molecule has 1 unspecified atom stereocenters. The first kappa shape index (κ1) is 9.86. The number of hydrogen-bond acceptors (Lipinski definition) is 3. The smallest absolute Gasteiger partial charge is 0.195 e. The number of rotatable bonds is 2. The quantitative estimate of drug-likeness (QED) is 0.760. The summed E-state index contributed by atoms with van der Waals surface area (Å²) >= 11 is 5.15. The molecule has 0 aliphatic carbocycles. The molecule has 1 N–H and O–H groups in total. The maximum absolute atomic E-state index is 5.43. The van der Waals surface area contributed by atoms with Crippen LogP contribution in [0.3, 0.4) is 0 Å². The number of H-pyrrole nitrogens is 1. The van der Waals surface area contributed by atoms with Crippen LogP contribution in [0, 0.1) is 17.6 Å². The van der Waals surface area contributed by atoms with Crippen molar-refractivity contribution in [2.75, 3.05) is 13.2 Å². The molecule has 1 atom stereocenters. The van der Waals surface area contributed by atoms with E-state index >= 15 is 0 Å². The zero-order chi connectivity index (χ0) is 9.97. The second-order valence-electron chi connectivity index (χ2n) is 3.77. The van der Waals surface area contributed by atoms with Crippen LogP contribution in [0.2, 0.25) is 0 Å². The van der Waals surface area contributed by atoms with Crippen LogP contribution >= 0.6 is 12.2 Å². The summed E-state index contributed by atoms with van der Waals surface area (Å²) in [6.45, 7) is 4.66. The molecule has 5 heteroatoms. The molecule has 2 heterocycles. The van der Waals surface area contributed by atoms with Gasteiger partial charge in [0.25, 0.3) is 0 Å². The van der Waals surface area contributed by atoms with E-state index in [0.29, 0.717) is 10.7 Å². The molecule has 0 spiro atoms. The normalized spacial score (nSPS) is 22.5. The SMILES string of the molecule is Cc1n[nH]c(=S)n1CC1CCCOC1. The number of ether oxygens (including phenoxy) is 1. The van der Waals surface area contributed by atoms with Crippen molar-refractivity contribution >= 4 is 12.2 Å². The van der Waals surface area contributed by atoms with Gasteiger partial charge in [0.1, 0.15) is 5.82 Å². The van der Waals surface area contributed by atoms with Gasteiger partial charge in [0, 0.05) is 19.1 Å². The van der Waals surface area contributed by atoms with Crippen LogP contribution in [0.5, 0.6) is 0 Å². The maximum atomic E-state index is 5.43. The third kappa shape index (κ3) is 2.04. The van der Waals surface area contributed by atoms with Gasteiger partial charge in [0.15, 0.2) is 4.77 Å². The van der Waals surface area contributed by atoms with Crippen molar-refractivity contribution in [3.63, 3.8) is 0 Å². The molecular weight excluding hydrogens is 198 g/mol. The second-order valence-corrected chi connectivity index (χ2v) is 4.16. The van der Waals surface area contributed by atoms with E-state index in [1.54, 1.807) is 0 Å². The van der Waals surface area contributed by atoms with Gasteiger partial charge in [-0.2, -0.15) is 5.10 Å². The highest BCUT2D eigenvalue weighted by atomic mass is 32.1. The largest absolute Gasteiger partial charge is 0.381 e. The van der Waals surface area contributed by atoms with Crippen LogP contribution in [-0.2, 0) is 11.3 Å². The predicted molar refractivity (Wildman–Crippen MR) is 55.7 cm³/mol. The standard InChI is InChI=1S/C9H15N3OS/c1-7-10-11-9(14)12(7)5-8-3-2-4-13-6-8/h8H,2-6H2,1H3,(H,11,14). The lowest BCUT2D eigenvalue weighted by Crippen LogP contribution is -2.22. The first-order chi connectivity index (χ1) is 6.77. The van der Waals surface area contributed by atoms with Crippen LogP contribution in [0.1, 0.15) is 18.7 Å². The number of aromatic amines is 1. The van der Waals surface area contributed by atoms with Crippen molar-refractivity contribution in [1.82, 2.24) is 14.8 Å².